The van der Waals surface area contributed by atoms with E-state index in [0.717, 1.165) is 11.6 Å². The van der Waals surface area contributed by atoms with Crippen LogP contribution in [-0.4, -0.2) is 16.1 Å². The molecule has 2 aromatic carbocycles. The molecule has 2 rings (SSSR count). The summed E-state index contributed by atoms with van der Waals surface area (Å²) in [5.41, 5.74) is 7.20. The van der Waals surface area contributed by atoms with Gasteiger partial charge in [-0.3, -0.25) is 4.79 Å². The summed E-state index contributed by atoms with van der Waals surface area (Å²) in [5.74, 6) is -0.748. The molecule has 0 unspecified atom stereocenters. The van der Waals surface area contributed by atoms with Crippen molar-refractivity contribution in [1.29, 1.82) is 0 Å². The lowest BCUT2D eigenvalue weighted by atomic mass is 10.1. The third-order valence-corrected chi connectivity index (χ3v) is 2.59. The van der Waals surface area contributed by atoms with Crippen LogP contribution in [0.1, 0.15) is 15.9 Å². The van der Waals surface area contributed by atoms with Crippen molar-refractivity contribution in [2.45, 2.75) is 6.54 Å². The molecular weight excluding hydrogens is 244 g/mol. The Morgan fingerprint density at radius 1 is 1.11 bits per heavy atom. The summed E-state index contributed by atoms with van der Waals surface area (Å²) < 4.78 is 0. The number of hydrogen-bond acceptors (Lipinski definition) is 4. The highest BCUT2D eigenvalue weighted by atomic mass is 16.3. The Balaban J connectivity index is 2.20. The standard InChI is InChI=1S/C14H14N2O3/c15-8-9-2-1-3-11(4-9)16-14(19)10-5-12(17)7-13(18)6-10/h1-7,17-18H,8,15H2,(H,16,19). The fraction of sp³-hybridized carbons (Fsp3) is 0.0714. The Hall–Kier alpha value is -2.53. The SMILES string of the molecule is NCc1cccc(NC(=O)c2cc(O)cc(O)c2)c1. The first kappa shape index (κ1) is 12.9. The highest BCUT2D eigenvalue weighted by molar-refractivity contribution is 6.04. The van der Waals surface area contributed by atoms with Crippen LogP contribution in [0.15, 0.2) is 42.5 Å². The summed E-state index contributed by atoms with van der Waals surface area (Å²) in [6, 6.07) is 10.9. The van der Waals surface area contributed by atoms with Crippen LogP contribution in [-0.2, 0) is 6.54 Å². The Labute approximate surface area is 110 Å². The molecule has 0 heterocycles. The second kappa shape index (κ2) is 5.41. The van der Waals surface area contributed by atoms with Gasteiger partial charge in [-0.05, 0) is 29.8 Å². The largest absolute Gasteiger partial charge is 0.508 e. The third-order valence-electron chi connectivity index (χ3n) is 2.59. The van der Waals surface area contributed by atoms with E-state index in [1.165, 1.54) is 12.1 Å². The van der Waals surface area contributed by atoms with Crippen LogP contribution in [0, 0.1) is 0 Å². The minimum absolute atomic E-state index is 0.166. The Kier molecular flexibility index (Phi) is 3.68. The summed E-state index contributed by atoms with van der Waals surface area (Å²) in [4.78, 5) is 12.0. The third kappa shape index (κ3) is 3.23. The van der Waals surface area contributed by atoms with Gasteiger partial charge in [0, 0.05) is 23.9 Å². The quantitative estimate of drug-likeness (QED) is 0.675. The number of nitrogens with one attached hydrogen (secondary N) is 1. The summed E-state index contributed by atoms with van der Waals surface area (Å²) in [5, 5.41) is 21.3. The van der Waals surface area contributed by atoms with Gasteiger partial charge in [0.1, 0.15) is 11.5 Å². The first-order chi connectivity index (χ1) is 9.08. The number of hydrogen-bond donors (Lipinski definition) is 4. The van der Waals surface area contributed by atoms with Crippen molar-refractivity contribution in [3.8, 4) is 11.5 Å². The number of phenolic OH excluding ortho intramolecular Hbond substituents is 2. The number of nitrogens with two attached hydrogens (primary N) is 1. The number of carbonyl (C=O) groups excluding carboxylic acids is 1. The summed E-state index contributed by atoms with van der Waals surface area (Å²) in [6.07, 6.45) is 0. The molecular formula is C14H14N2O3. The summed E-state index contributed by atoms with van der Waals surface area (Å²) >= 11 is 0. The maximum atomic E-state index is 12.0. The topological polar surface area (TPSA) is 95.6 Å². The number of phenols is 2. The van der Waals surface area contributed by atoms with Gasteiger partial charge in [-0.2, -0.15) is 0 Å². The van der Waals surface area contributed by atoms with Crippen LogP contribution in [0.5, 0.6) is 11.5 Å². The number of benzene rings is 2. The monoisotopic (exact) mass is 258 g/mol. The minimum Gasteiger partial charge on any atom is -0.508 e. The van der Waals surface area contributed by atoms with Crippen LogP contribution in [0.4, 0.5) is 5.69 Å². The predicted octanol–water partition coefficient (Wildman–Crippen LogP) is 1.81. The maximum absolute atomic E-state index is 12.0. The van der Waals surface area contributed by atoms with Crippen LogP contribution < -0.4 is 11.1 Å². The molecule has 5 nitrogen and oxygen atoms in total. The molecule has 5 N–H and O–H groups in total. The van der Waals surface area contributed by atoms with Crippen molar-refractivity contribution in [1.82, 2.24) is 0 Å². The van der Waals surface area contributed by atoms with E-state index in [0.29, 0.717) is 12.2 Å². The zero-order chi connectivity index (χ0) is 13.8. The minimum atomic E-state index is -0.416. The van der Waals surface area contributed by atoms with Gasteiger partial charge in [0.15, 0.2) is 0 Å². The van der Waals surface area contributed by atoms with Crippen molar-refractivity contribution in [2.75, 3.05) is 5.32 Å². The van der Waals surface area contributed by atoms with Gasteiger partial charge >= 0.3 is 0 Å². The number of aromatic hydroxyl groups is 2. The second-order valence-corrected chi connectivity index (χ2v) is 4.10. The van der Waals surface area contributed by atoms with Crippen molar-refractivity contribution < 1.29 is 15.0 Å². The first-order valence-corrected chi connectivity index (χ1v) is 5.72. The maximum Gasteiger partial charge on any atom is 0.255 e. The normalized spacial score (nSPS) is 10.2. The molecule has 0 aliphatic carbocycles. The van der Waals surface area contributed by atoms with Crippen molar-refractivity contribution in [3.05, 3.63) is 53.6 Å². The van der Waals surface area contributed by atoms with Gasteiger partial charge < -0.3 is 21.3 Å². The van der Waals surface area contributed by atoms with Crippen LogP contribution in [0.2, 0.25) is 0 Å². The van der Waals surface area contributed by atoms with E-state index in [-0.39, 0.29) is 17.1 Å². The molecule has 1 amide bonds. The van der Waals surface area contributed by atoms with Crippen molar-refractivity contribution >= 4 is 11.6 Å². The van der Waals surface area contributed by atoms with Crippen LogP contribution >= 0.6 is 0 Å². The second-order valence-electron chi connectivity index (χ2n) is 4.10. The molecule has 0 aliphatic rings. The number of amides is 1. The Morgan fingerprint density at radius 2 is 1.79 bits per heavy atom. The van der Waals surface area contributed by atoms with E-state index < -0.39 is 5.91 Å². The molecule has 0 atom stereocenters. The molecule has 0 bridgehead atoms. The van der Waals surface area contributed by atoms with E-state index in [4.69, 9.17) is 5.73 Å². The first-order valence-electron chi connectivity index (χ1n) is 5.72. The molecule has 0 radical (unpaired) electrons. The Morgan fingerprint density at radius 3 is 2.42 bits per heavy atom. The smallest absolute Gasteiger partial charge is 0.255 e. The molecule has 0 fully saturated rings. The highest BCUT2D eigenvalue weighted by Crippen LogP contribution is 2.21. The van der Waals surface area contributed by atoms with E-state index in [1.807, 2.05) is 6.07 Å². The molecule has 0 aromatic heterocycles. The molecule has 19 heavy (non-hydrogen) atoms. The summed E-state index contributed by atoms with van der Waals surface area (Å²) in [7, 11) is 0. The predicted molar refractivity (Wildman–Crippen MR) is 72.1 cm³/mol. The van der Waals surface area contributed by atoms with E-state index in [9.17, 15) is 15.0 Å². The fourth-order valence-corrected chi connectivity index (χ4v) is 1.71. The van der Waals surface area contributed by atoms with Crippen LogP contribution in [0.25, 0.3) is 0 Å². The van der Waals surface area contributed by atoms with E-state index in [1.54, 1.807) is 18.2 Å². The zero-order valence-electron chi connectivity index (χ0n) is 10.1. The Bertz CT molecular complexity index is 591. The lowest BCUT2D eigenvalue weighted by molar-refractivity contribution is 0.102. The van der Waals surface area contributed by atoms with E-state index in [2.05, 4.69) is 5.32 Å². The molecule has 98 valence electrons. The molecule has 5 heteroatoms. The lowest BCUT2D eigenvalue weighted by Gasteiger charge is -2.07. The number of rotatable bonds is 3. The van der Waals surface area contributed by atoms with Crippen molar-refractivity contribution in [2.24, 2.45) is 5.73 Å². The van der Waals surface area contributed by atoms with E-state index >= 15 is 0 Å². The average molecular weight is 258 g/mol. The lowest BCUT2D eigenvalue weighted by Crippen LogP contribution is -2.12. The molecule has 0 spiro atoms. The van der Waals surface area contributed by atoms with Gasteiger partial charge in [-0.25, -0.2) is 0 Å². The fourth-order valence-electron chi connectivity index (χ4n) is 1.71. The highest BCUT2D eigenvalue weighted by Gasteiger charge is 2.09. The zero-order valence-corrected chi connectivity index (χ0v) is 10.1. The van der Waals surface area contributed by atoms with Gasteiger partial charge in [-0.15, -0.1) is 0 Å². The molecule has 0 saturated carbocycles. The van der Waals surface area contributed by atoms with Gasteiger partial charge in [0.2, 0.25) is 0 Å². The van der Waals surface area contributed by atoms with Gasteiger partial charge in [0.25, 0.3) is 5.91 Å². The molecule has 2 aromatic rings. The van der Waals surface area contributed by atoms with Gasteiger partial charge in [-0.1, -0.05) is 12.1 Å². The average Bonchev–Trinajstić information content (AvgIpc) is 2.37. The summed E-state index contributed by atoms with van der Waals surface area (Å²) in [6.45, 7) is 0.386. The molecule has 0 saturated heterocycles. The molecule has 0 aliphatic heterocycles. The van der Waals surface area contributed by atoms with Gasteiger partial charge in [0.05, 0.1) is 0 Å². The number of anilines is 1. The van der Waals surface area contributed by atoms with Crippen LogP contribution in [0.3, 0.4) is 0 Å². The number of carbonyl (C=O) groups is 1. The van der Waals surface area contributed by atoms with Crippen molar-refractivity contribution in [3.63, 3.8) is 0 Å².